The summed E-state index contributed by atoms with van der Waals surface area (Å²) < 4.78 is 3.13. The van der Waals surface area contributed by atoms with Crippen LogP contribution in [0.3, 0.4) is 0 Å². The van der Waals surface area contributed by atoms with Gasteiger partial charge in [0, 0.05) is 19.5 Å². The highest BCUT2D eigenvalue weighted by Gasteiger charge is 2.07. The molecule has 1 aliphatic heterocycles. The highest BCUT2D eigenvalue weighted by atomic mass is 32.2. The van der Waals surface area contributed by atoms with E-state index in [1.807, 2.05) is 17.7 Å². The van der Waals surface area contributed by atoms with Crippen LogP contribution in [-0.4, -0.2) is 11.5 Å². The molecule has 4 heteroatoms. The number of rotatable bonds is 1. The molecular formula is C4H7N2S2. The molecule has 0 spiro atoms. The number of hydrazine groups is 1. The molecule has 0 atom stereocenters. The van der Waals surface area contributed by atoms with E-state index in [9.17, 15) is 0 Å². The van der Waals surface area contributed by atoms with Crippen LogP contribution in [-0.2, 0) is 0 Å². The topological polar surface area (TPSA) is 15.3 Å². The van der Waals surface area contributed by atoms with Gasteiger partial charge in [0.2, 0.25) is 0 Å². The number of nitrogens with zero attached hydrogens (tertiary/aromatic N) is 1. The summed E-state index contributed by atoms with van der Waals surface area (Å²) in [5, 5.41) is 0. The first-order valence-corrected chi connectivity index (χ1v) is 3.89. The van der Waals surface area contributed by atoms with Gasteiger partial charge in [-0.1, -0.05) is 0 Å². The lowest BCUT2D eigenvalue weighted by Crippen LogP contribution is -2.16. The molecule has 1 rings (SSSR count). The van der Waals surface area contributed by atoms with Crippen LogP contribution in [0.15, 0.2) is 10.4 Å². The van der Waals surface area contributed by atoms with E-state index in [2.05, 4.69) is 11.7 Å². The van der Waals surface area contributed by atoms with Crippen LogP contribution in [0.5, 0.6) is 0 Å². The Labute approximate surface area is 57.8 Å². The van der Waals surface area contributed by atoms with Gasteiger partial charge in [-0.3, -0.25) is 0 Å². The fourth-order valence-electron chi connectivity index (χ4n) is 0.399. The van der Waals surface area contributed by atoms with Crippen molar-refractivity contribution in [1.82, 2.24) is 9.84 Å². The molecule has 0 unspecified atom stereocenters. The maximum atomic E-state index is 3.66. The minimum absolute atomic E-state index is 1.20. The van der Waals surface area contributed by atoms with Gasteiger partial charge < -0.3 is 5.43 Å². The summed E-state index contributed by atoms with van der Waals surface area (Å²) in [4.78, 5) is 0. The first kappa shape index (κ1) is 6.32. The summed E-state index contributed by atoms with van der Waals surface area (Å²) in [5.41, 5.74) is 2.99. The third-order valence-corrected chi connectivity index (χ3v) is 2.39. The van der Waals surface area contributed by atoms with E-state index in [4.69, 9.17) is 0 Å². The minimum Gasteiger partial charge on any atom is -0.315 e. The van der Waals surface area contributed by atoms with Crippen molar-refractivity contribution in [2.45, 2.75) is 0 Å². The molecule has 0 amide bonds. The normalized spacial score (nSPS) is 20.5. The smallest absolute Gasteiger partial charge is 0.0747 e. The van der Waals surface area contributed by atoms with Crippen LogP contribution in [0.4, 0.5) is 0 Å². The van der Waals surface area contributed by atoms with E-state index in [-0.39, 0.29) is 0 Å². The van der Waals surface area contributed by atoms with E-state index in [1.54, 1.807) is 11.9 Å². The van der Waals surface area contributed by atoms with Gasteiger partial charge in [0.25, 0.3) is 0 Å². The van der Waals surface area contributed by atoms with Crippen molar-refractivity contribution >= 4 is 23.7 Å². The lowest BCUT2D eigenvalue weighted by Gasteiger charge is -2.03. The first-order chi connectivity index (χ1) is 3.83. The van der Waals surface area contributed by atoms with E-state index < -0.39 is 0 Å². The second-order valence-corrected chi connectivity index (χ2v) is 3.48. The maximum Gasteiger partial charge on any atom is 0.0747 e. The van der Waals surface area contributed by atoms with Gasteiger partial charge in [-0.05, 0) is 11.9 Å². The van der Waals surface area contributed by atoms with Crippen molar-refractivity contribution in [2.24, 2.45) is 0 Å². The van der Waals surface area contributed by atoms with Crippen LogP contribution < -0.4 is 5.43 Å². The summed E-state index contributed by atoms with van der Waals surface area (Å²) in [6.45, 7) is 0. The molecular weight excluding hydrogens is 140 g/mol. The fourth-order valence-corrected chi connectivity index (χ4v) is 1.56. The van der Waals surface area contributed by atoms with Gasteiger partial charge >= 0.3 is 0 Å². The molecule has 0 aromatic heterocycles. The highest BCUT2D eigenvalue weighted by molar-refractivity contribution is 8.21. The molecule has 0 fully saturated rings. The second kappa shape index (κ2) is 2.66. The lowest BCUT2D eigenvalue weighted by atomic mass is 11.0. The van der Waals surface area contributed by atoms with Gasteiger partial charge in [0.15, 0.2) is 0 Å². The zero-order valence-electron chi connectivity index (χ0n) is 4.55. The predicted octanol–water partition coefficient (Wildman–Crippen LogP) is 1.41. The average Bonchev–Trinajstić information content (AvgIpc) is 2.14. The molecule has 2 nitrogen and oxygen atoms in total. The third kappa shape index (κ3) is 1.34. The SMILES string of the molecule is [CH2]SC1=CNN(C)S1. The van der Waals surface area contributed by atoms with Crippen molar-refractivity contribution in [3.8, 4) is 0 Å². The van der Waals surface area contributed by atoms with Gasteiger partial charge in [-0.25, -0.2) is 0 Å². The number of thioether (sulfide) groups is 1. The number of hydrogen-bond donors (Lipinski definition) is 1. The molecule has 0 aromatic rings. The van der Waals surface area contributed by atoms with E-state index in [0.29, 0.717) is 0 Å². The molecule has 1 N–H and O–H groups in total. The Hall–Kier alpha value is 0.200. The number of hydrogen-bond acceptors (Lipinski definition) is 4. The molecule has 45 valence electrons. The Morgan fingerprint density at radius 1 is 2.00 bits per heavy atom. The lowest BCUT2D eigenvalue weighted by molar-refractivity contribution is 0.505. The van der Waals surface area contributed by atoms with Crippen LogP contribution in [0, 0.1) is 6.26 Å². The molecule has 0 saturated carbocycles. The van der Waals surface area contributed by atoms with E-state index in [1.165, 1.54) is 16.0 Å². The Bertz CT molecular complexity index is 113. The Morgan fingerprint density at radius 2 is 2.75 bits per heavy atom. The molecule has 0 bridgehead atoms. The quantitative estimate of drug-likeness (QED) is 0.564. The summed E-state index contributed by atoms with van der Waals surface area (Å²) in [6, 6.07) is 0. The Morgan fingerprint density at radius 3 is 3.00 bits per heavy atom. The van der Waals surface area contributed by atoms with Gasteiger partial charge in [0.1, 0.15) is 0 Å². The van der Waals surface area contributed by atoms with Crippen molar-refractivity contribution in [3.63, 3.8) is 0 Å². The zero-order chi connectivity index (χ0) is 5.98. The minimum atomic E-state index is 1.20. The largest absolute Gasteiger partial charge is 0.315 e. The molecule has 0 saturated heterocycles. The average molecular weight is 147 g/mol. The van der Waals surface area contributed by atoms with E-state index >= 15 is 0 Å². The Kier molecular flexibility index (Phi) is 2.10. The third-order valence-electron chi connectivity index (χ3n) is 0.733. The molecule has 0 aromatic carbocycles. The van der Waals surface area contributed by atoms with Gasteiger partial charge in [-0.2, -0.15) is 4.41 Å². The molecule has 1 radical (unpaired) electrons. The first-order valence-electron chi connectivity index (χ1n) is 2.13. The van der Waals surface area contributed by atoms with Crippen LogP contribution in [0.2, 0.25) is 0 Å². The Balaban J connectivity index is 2.37. The summed E-state index contributed by atoms with van der Waals surface area (Å²) in [5.74, 6) is 0. The van der Waals surface area contributed by atoms with E-state index in [0.717, 1.165) is 0 Å². The fraction of sp³-hybridized carbons (Fsp3) is 0.250. The van der Waals surface area contributed by atoms with Crippen LogP contribution in [0.1, 0.15) is 0 Å². The summed E-state index contributed by atoms with van der Waals surface area (Å²) in [7, 11) is 1.96. The molecule has 1 aliphatic rings. The van der Waals surface area contributed by atoms with Gasteiger partial charge in [0.05, 0.1) is 4.24 Å². The zero-order valence-corrected chi connectivity index (χ0v) is 6.18. The van der Waals surface area contributed by atoms with Crippen molar-refractivity contribution in [3.05, 3.63) is 16.7 Å². The maximum absolute atomic E-state index is 3.66. The molecule has 1 heterocycles. The van der Waals surface area contributed by atoms with Crippen LogP contribution >= 0.6 is 23.7 Å². The monoisotopic (exact) mass is 147 g/mol. The summed E-state index contributed by atoms with van der Waals surface area (Å²) in [6.07, 6.45) is 5.60. The highest BCUT2D eigenvalue weighted by Crippen LogP contribution is 2.31. The number of nitrogens with one attached hydrogen (secondary N) is 1. The molecule has 0 aliphatic carbocycles. The summed E-state index contributed by atoms with van der Waals surface area (Å²) >= 11 is 3.16. The second-order valence-electron chi connectivity index (χ2n) is 1.33. The van der Waals surface area contributed by atoms with Crippen molar-refractivity contribution < 1.29 is 0 Å². The van der Waals surface area contributed by atoms with Crippen molar-refractivity contribution in [2.75, 3.05) is 7.05 Å². The van der Waals surface area contributed by atoms with Crippen LogP contribution in [0.25, 0.3) is 0 Å². The predicted molar refractivity (Wildman–Crippen MR) is 39.5 cm³/mol. The van der Waals surface area contributed by atoms with Gasteiger partial charge in [-0.15, -0.1) is 11.8 Å². The molecule has 8 heavy (non-hydrogen) atoms. The standard InChI is InChI=1S/C4H7N2S2/c1-6-5-3-4(7-2)8-6/h3,5H,2H2,1H3. The van der Waals surface area contributed by atoms with Crippen molar-refractivity contribution in [1.29, 1.82) is 0 Å².